The van der Waals surface area contributed by atoms with Gasteiger partial charge < -0.3 is 16.2 Å². The smallest absolute Gasteiger partial charge is 0.231 e. The summed E-state index contributed by atoms with van der Waals surface area (Å²) in [6.45, 7) is 4.49. The molecule has 29 heavy (non-hydrogen) atoms. The van der Waals surface area contributed by atoms with Crippen molar-refractivity contribution in [1.82, 2.24) is 10.2 Å². The number of benzene rings is 1. The minimum absolute atomic E-state index is 0.00704. The summed E-state index contributed by atoms with van der Waals surface area (Å²) >= 11 is 0. The molecule has 7 heteroatoms. The first kappa shape index (κ1) is 19.9. The summed E-state index contributed by atoms with van der Waals surface area (Å²) < 4.78 is 0. The molecule has 3 aliphatic rings. The summed E-state index contributed by atoms with van der Waals surface area (Å²) in [4.78, 5) is 31.6. The van der Waals surface area contributed by atoms with Gasteiger partial charge in [0.1, 0.15) is 0 Å². The molecule has 0 saturated heterocycles. The van der Waals surface area contributed by atoms with Gasteiger partial charge in [-0.15, -0.1) is 0 Å². The molecule has 1 aromatic carbocycles. The second kappa shape index (κ2) is 7.44. The lowest BCUT2D eigenvalue weighted by molar-refractivity contribution is -0.130. The number of aliphatic hydroxyl groups is 1. The van der Waals surface area contributed by atoms with Crippen LogP contribution >= 0.6 is 0 Å². The van der Waals surface area contributed by atoms with Gasteiger partial charge in [0.2, 0.25) is 11.8 Å². The van der Waals surface area contributed by atoms with E-state index in [0.29, 0.717) is 19.4 Å². The molecule has 4 rings (SSSR count). The summed E-state index contributed by atoms with van der Waals surface area (Å²) in [7, 11) is 0. The molecule has 156 valence electrons. The highest BCUT2D eigenvalue weighted by Gasteiger charge is 2.47. The highest BCUT2D eigenvalue weighted by molar-refractivity contribution is 5.99. The van der Waals surface area contributed by atoms with E-state index in [1.165, 1.54) is 0 Å². The summed E-state index contributed by atoms with van der Waals surface area (Å²) in [5.41, 5.74) is 7.80. The normalized spacial score (nSPS) is 30.0. The van der Waals surface area contributed by atoms with E-state index >= 15 is 0 Å². The van der Waals surface area contributed by atoms with Crippen LogP contribution in [-0.4, -0.2) is 46.0 Å². The molecule has 0 aromatic heterocycles. The fourth-order valence-electron chi connectivity index (χ4n) is 4.71. The van der Waals surface area contributed by atoms with E-state index in [9.17, 15) is 14.7 Å². The van der Waals surface area contributed by atoms with Crippen molar-refractivity contribution in [3.63, 3.8) is 0 Å². The van der Waals surface area contributed by atoms with Crippen LogP contribution in [0.1, 0.15) is 56.7 Å². The van der Waals surface area contributed by atoms with E-state index in [0.717, 1.165) is 30.4 Å². The van der Waals surface area contributed by atoms with Crippen LogP contribution in [0.4, 0.5) is 0 Å². The monoisotopic (exact) mass is 398 g/mol. The number of carbonyl (C=O) groups excluding carboxylic acids is 2. The predicted octanol–water partition coefficient (Wildman–Crippen LogP) is 1.50. The quantitative estimate of drug-likeness (QED) is 0.675. The van der Waals surface area contributed by atoms with Crippen LogP contribution in [0, 0.1) is 11.8 Å². The zero-order valence-corrected chi connectivity index (χ0v) is 17.1. The van der Waals surface area contributed by atoms with Crippen molar-refractivity contribution in [3.05, 3.63) is 35.4 Å². The molecule has 0 unspecified atom stereocenters. The zero-order valence-electron chi connectivity index (χ0n) is 17.1. The van der Waals surface area contributed by atoms with E-state index in [2.05, 4.69) is 10.3 Å². The first-order valence-corrected chi connectivity index (χ1v) is 10.6. The Bertz CT molecular complexity index is 848. The van der Waals surface area contributed by atoms with E-state index in [-0.39, 0.29) is 41.2 Å². The van der Waals surface area contributed by atoms with Crippen molar-refractivity contribution in [2.75, 3.05) is 6.54 Å². The van der Waals surface area contributed by atoms with Gasteiger partial charge in [-0.2, -0.15) is 0 Å². The number of hydrogen-bond acceptors (Lipinski definition) is 5. The van der Waals surface area contributed by atoms with Gasteiger partial charge in [0.05, 0.1) is 24.1 Å². The van der Waals surface area contributed by atoms with Gasteiger partial charge in [-0.1, -0.05) is 38.1 Å². The van der Waals surface area contributed by atoms with Crippen LogP contribution in [0.2, 0.25) is 0 Å². The van der Waals surface area contributed by atoms with Gasteiger partial charge in [0.15, 0.2) is 5.96 Å². The Morgan fingerprint density at radius 1 is 1.34 bits per heavy atom. The molecule has 1 heterocycles. The van der Waals surface area contributed by atoms with Crippen LogP contribution in [0.15, 0.2) is 29.3 Å². The van der Waals surface area contributed by atoms with Crippen LogP contribution in [0.25, 0.3) is 0 Å². The van der Waals surface area contributed by atoms with Crippen molar-refractivity contribution in [2.45, 2.75) is 63.6 Å². The number of amides is 2. The minimum atomic E-state index is -0.601. The Hall–Kier alpha value is -2.41. The van der Waals surface area contributed by atoms with E-state index in [1.807, 2.05) is 38.1 Å². The molecule has 1 aliphatic heterocycles. The third-order valence-corrected chi connectivity index (χ3v) is 6.90. The molecule has 1 aromatic rings. The van der Waals surface area contributed by atoms with Crippen molar-refractivity contribution in [2.24, 2.45) is 22.6 Å². The van der Waals surface area contributed by atoms with E-state index in [4.69, 9.17) is 5.73 Å². The van der Waals surface area contributed by atoms with Crippen molar-refractivity contribution >= 4 is 17.8 Å². The molecule has 0 radical (unpaired) electrons. The molecular formula is C22H30N4O3. The number of nitrogens with zero attached hydrogens (tertiary/aromatic N) is 2. The molecule has 1 saturated carbocycles. The lowest BCUT2D eigenvalue weighted by atomic mass is 9.88. The Kier molecular flexibility index (Phi) is 5.11. The highest BCUT2D eigenvalue weighted by atomic mass is 16.3. The van der Waals surface area contributed by atoms with Crippen LogP contribution in [0.3, 0.4) is 0 Å². The minimum Gasteiger partial charge on any atom is -0.390 e. The fourth-order valence-corrected chi connectivity index (χ4v) is 4.71. The maximum Gasteiger partial charge on any atom is 0.231 e. The Morgan fingerprint density at radius 2 is 2.07 bits per heavy atom. The number of hydrogen-bond donors (Lipinski definition) is 3. The lowest BCUT2D eigenvalue weighted by Crippen LogP contribution is -2.52. The summed E-state index contributed by atoms with van der Waals surface area (Å²) in [6.07, 6.45) is 2.61. The molecule has 2 amide bonds. The summed E-state index contributed by atoms with van der Waals surface area (Å²) in [5.74, 6) is 0.132. The van der Waals surface area contributed by atoms with Gasteiger partial charge in [0.25, 0.3) is 0 Å². The topological polar surface area (TPSA) is 108 Å². The molecule has 4 N–H and O–H groups in total. The van der Waals surface area contributed by atoms with Gasteiger partial charge in [-0.05, 0) is 36.3 Å². The Balaban J connectivity index is 1.37. The maximum atomic E-state index is 12.7. The lowest BCUT2D eigenvalue weighted by Gasteiger charge is -2.36. The van der Waals surface area contributed by atoms with Gasteiger partial charge in [-0.25, -0.2) is 4.99 Å². The third-order valence-electron chi connectivity index (χ3n) is 6.90. The van der Waals surface area contributed by atoms with E-state index in [1.54, 1.807) is 4.90 Å². The number of aliphatic imine (C=N–C) groups is 1. The number of fused-ring (bicyclic) bond motifs is 1. The van der Waals surface area contributed by atoms with Crippen molar-refractivity contribution < 1.29 is 14.7 Å². The zero-order chi connectivity index (χ0) is 20.8. The number of rotatable bonds is 6. The molecular weight excluding hydrogens is 368 g/mol. The average Bonchev–Trinajstić information content (AvgIpc) is 3.41. The maximum absolute atomic E-state index is 12.7. The number of carbonyl (C=O) groups is 2. The third kappa shape index (κ3) is 3.64. The average molecular weight is 399 g/mol. The second-order valence-electron chi connectivity index (χ2n) is 8.64. The van der Waals surface area contributed by atoms with Crippen LogP contribution in [0.5, 0.6) is 0 Å². The second-order valence-corrected chi connectivity index (χ2v) is 8.64. The molecule has 0 bridgehead atoms. The number of nitrogens with one attached hydrogen (secondary N) is 1. The van der Waals surface area contributed by atoms with Gasteiger partial charge in [0, 0.05) is 18.9 Å². The largest absolute Gasteiger partial charge is 0.390 e. The highest BCUT2D eigenvalue weighted by Crippen LogP contribution is 2.41. The van der Waals surface area contributed by atoms with Crippen LogP contribution < -0.4 is 11.1 Å². The predicted molar refractivity (Wildman–Crippen MR) is 110 cm³/mol. The molecule has 4 atom stereocenters. The standard InChI is InChI=1S/C22H30N4O3/c1-3-22(4-2)11-18(28)26(21(23)25-22)12-14-9-16(14)20(29)24-19-15-8-6-5-7-13(15)10-17(19)27/h5-8,14,16-17,19,27H,3-4,9-12H2,1-2H3,(H2,23,25)(H,24,29)/t14-,16+,17+,19+/m0/s1. The first-order valence-electron chi connectivity index (χ1n) is 10.6. The Labute approximate surface area is 171 Å². The Morgan fingerprint density at radius 3 is 2.76 bits per heavy atom. The van der Waals surface area contributed by atoms with Gasteiger partial charge >= 0.3 is 0 Å². The van der Waals surface area contributed by atoms with E-state index < -0.39 is 6.10 Å². The summed E-state index contributed by atoms with van der Waals surface area (Å²) in [6, 6.07) is 7.45. The fraction of sp³-hybridized carbons (Fsp3) is 0.591. The van der Waals surface area contributed by atoms with Crippen molar-refractivity contribution in [3.8, 4) is 0 Å². The molecule has 2 aliphatic carbocycles. The number of nitrogens with two attached hydrogens (primary N) is 1. The number of guanidine groups is 1. The van der Waals surface area contributed by atoms with Crippen molar-refractivity contribution in [1.29, 1.82) is 0 Å². The first-order chi connectivity index (χ1) is 13.9. The molecule has 7 nitrogen and oxygen atoms in total. The molecule has 0 spiro atoms. The number of aliphatic hydroxyl groups excluding tert-OH is 1. The van der Waals surface area contributed by atoms with Crippen LogP contribution in [-0.2, 0) is 16.0 Å². The van der Waals surface area contributed by atoms with Gasteiger partial charge in [-0.3, -0.25) is 14.5 Å². The SMILES string of the molecule is CCC1(CC)CC(=O)N(C[C@@H]2C[C@H]2C(=O)N[C@@H]2c3ccccc3C[C@H]2O)C(N)=N1. The summed E-state index contributed by atoms with van der Waals surface area (Å²) in [5, 5.41) is 13.4. The molecule has 1 fully saturated rings.